The van der Waals surface area contributed by atoms with Gasteiger partial charge in [0.1, 0.15) is 12.4 Å². The van der Waals surface area contributed by atoms with Crippen LogP contribution in [0.15, 0.2) is 54.7 Å². The van der Waals surface area contributed by atoms with Gasteiger partial charge in [0.05, 0.1) is 11.2 Å². The second-order valence-electron chi connectivity index (χ2n) is 4.57. The van der Waals surface area contributed by atoms with E-state index in [4.69, 9.17) is 0 Å². The van der Waals surface area contributed by atoms with Crippen LogP contribution in [0.25, 0.3) is 5.52 Å². The molecule has 0 amide bonds. The molecule has 0 bridgehead atoms. The summed E-state index contributed by atoms with van der Waals surface area (Å²) in [6.07, 6.45) is 3.80. The first kappa shape index (κ1) is 11.9. The topological polar surface area (TPSA) is 37.5 Å². The molecule has 3 nitrogen and oxygen atoms in total. The number of hydrogen-bond donors (Lipinski definition) is 1. The Hall–Kier alpha value is -2.13. The monoisotopic (exact) mass is 252 g/mol. The van der Waals surface area contributed by atoms with Gasteiger partial charge in [-0.15, -0.1) is 0 Å². The standard InChI is InChI=1S/C16H16N2O/c19-12-16-17-14(15-8-4-5-11-18(15)16)10-9-13-6-2-1-3-7-13/h1-8,11,19H,9-10,12H2. The number of nitrogens with zero attached hydrogens (tertiary/aromatic N) is 2. The number of benzene rings is 1. The summed E-state index contributed by atoms with van der Waals surface area (Å²) in [5.41, 5.74) is 3.45. The highest BCUT2D eigenvalue weighted by molar-refractivity contribution is 5.53. The molecule has 1 N–H and O–H groups in total. The summed E-state index contributed by atoms with van der Waals surface area (Å²) in [6, 6.07) is 16.4. The van der Waals surface area contributed by atoms with Crippen molar-refractivity contribution in [2.45, 2.75) is 19.4 Å². The normalized spacial score (nSPS) is 11.0. The van der Waals surface area contributed by atoms with Crippen LogP contribution in [-0.4, -0.2) is 14.5 Å². The van der Waals surface area contributed by atoms with Crippen molar-refractivity contribution in [2.24, 2.45) is 0 Å². The second-order valence-corrected chi connectivity index (χ2v) is 4.57. The average Bonchev–Trinajstić information content (AvgIpc) is 2.84. The van der Waals surface area contributed by atoms with Crippen LogP contribution in [0.3, 0.4) is 0 Å². The maximum atomic E-state index is 9.35. The van der Waals surface area contributed by atoms with Crippen LogP contribution in [0.5, 0.6) is 0 Å². The van der Waals surface area contributed by atoms with Crippen LogP contribution in [0.2, 0.25) is 0 Å². The molecule has 3 heteroatoms. The van der Waals surface area contributed by atoms with Gasteiger partial charge in [-0.1, -0.05) is 36.4 Å². The third kappa shape index (κ3) is 2.37. The highest BCUT2D eigenvalue weighted by atomic mass is 16.3. The SMILES string of the molecule is OCc1nc(CCc2ccccc2)c2ccccn12. The van der Waals surface area contributed by atoms with Crippen molar-refractivity contribution in [3.05, 3.63) is 71.8 Å². The summed E-state index contributed by atoms with van der Waals surface area (Å²) in [5.74, 6) is 0.707. The molecule has 3 aromatic rings. The molecule has 2 aromatic heterocycles. The van der Waals surface area contributed by atoms with Gasteiger partial charge in [0.25, 0.3) is 0 Å². The second kappa shape index (κ2) is 5.24. The first-order valence-electron chi connectivity index (χ1n) is 6.48. The summed E-state index contributed by atoms with van der Waals surface area (Å²) < 4.78 is 1.96. The Morgan fingerprint density at radius 1 is 0.947 bits per heavy atom. The van der Waals surface area contributed by atoms with Crippen molar-refractivity contribution in [2.75, 3.05) is 0 Å². The van der Waals surface area contributed by atoms with Crippen molar-refractivity contribution in [3.63, 3.8) is 0 Å². The van der Waals surface area contributed by atoms with Gasteiger partial charge in [-0.05, 0) is 30.5 Å². The van der Waals surface area contributed by atoms with Gasteiger partial charge < -0.3 is 9.51 Å². The van der Waals surface area contributed by atoms with Crippen LogP contribution < -0.4 is 0 Å². The van der Waals surface area contributed by atoms with Gasteiger partial charge >= 0.3 is 0 Å². The van der Waals surface area contributed by atoms with E-state index in [1.54, 1.807) is 0 Å². The number of imidazole rings is 1. The maximum Gasteiger partial charge on any atom is 0.139 e. The van der Waals surface area contributed by atoms with E-state index in [0.29, 0.717) is 5.82 Å². The van der Waals surface area contributed by atoms with E-state index < -0.39 is 0 Å². The molecule has 0 unspecified atom stereocenters. The first-order chi connectivity index (χ1) is 9.38. The van der Waals surface area contributed by atoms with E-state index in [9.17, 15) is 5.11 Å². The van der Waals surface area contributed by atoms with Gasteiger partial charge in [0, 0.05) is 6.20 Å². The van der Waals surface area contributed by atoms with Crippen LogP contribution >= 0.6 is 0 Å². The molecule has 19 heavy (non-hydrogen) atoms. The zero-order chi connectivity index (χ0) is 13.1. The third-order valence-corrected chi connectivity index (χ3v) is 3.33. The molecule has 0 atom stereocenters. The Kier molecular flexibility index (Phi) is 3.29. The molecule has 0 aliphatic heterocycles. The lowest BCUT2D eigenvalue weighted by Crippen LogP contribution is -1.92. The van der Waals surface area contributed by atoms with E-state index in [0.717, 1.165) is 24.1 Å². The van der Waals surface area contributed by atoms with E-state index in [-0.39, 0.29) is 6.61 Å². The fraction of sp³-hybridized carbons (Fsp3) is 0.188. The summed E-state index contributed by atoms with van der Waals surface area (Å²) in [7, 11) is 0. The minimum atomic E-state index is -0.0312. The number of aliphatic hydroxyl groups is 1. The van der Waals surface area contributed by atoms with E-state index in [2.05, 4.69) is 29.2 Å². The van der Waals surface area contributed by atoms with Crippen LogP contribution in [0.4, 0.5) is 0 Å². The molecule has 0 spiro atoms. The Labute approximate surface area is 112 Å². The number of pyridine rings is 1. The molecule has 3 rings (SSSR count). The summed E-state index contributed by atoms with van der Waals surface area (Å²) >= 11 is 0. The van der Waals surface area contributed by atoms with E-state index in [1.165, 1.54) is 5.56 Å². The van der Waals surface area contributed by atoms with Gasteiger partial charge in [0.2, 0.25) is 0 Å². The smallest absolute Gasteiger partial charge is 0.139 e. The molecule has 1 aromatic carbocycles. The van der Waals surface area contributed by atoms with E-state index in [1.807, 2.05) is 34.9 Å². The Morgan fingerprint density at radius 3 is 2.53 bits per heavy atom. The summed E-state index contributed by atoms with van der Waals surface area (Å²) in [4.78, 5) is 4.54. The minimum absolute atomic E-state index is 0.0312. The first-order valence-corrected chi connectivity index (χ1v) is 6.48. The molecule has 0 aliphatic carbocycles. The van der Waals surface area contributed by atoms with Crippen LogP contribution in [-0.2, 0) is 19.4 Å². The molecule has 0 radical (unpaired) electrons. The number of rotatable bonds is 4. The van der Waals surface area contributed by atoms with Crippen molar-refractivity contribution in [1.82, 2.24) is 9.38 Å². The molecule has 0 saturated carbocycles. The lowest BCUT2D eigenvalue weighted by molar-refractivity contribution is 0.270. The van der Waals surface area contributed by atoms with Crippen molar-refractivity contribution < 1.29 is 5.11 Å². The van der Waals surface area contributed by atoms with Gasteiger partial charge in [0.15, 0.2) is 0 Å². The van der Waals surface area contributed by atoms with E-state index >= 15 is 0 Å². The molecule has 0 aliphatic rings. The maximum absolute atomic E-state index is 9.35. The van der Waals surface area contributed by atoms with Crippen molar-refractivity contribution in [3.8, 4) is 0 Å². The fourth-order valence-corrected chi connectivity index (χ4v) is 2.37. The molecule has 0 fully saturated rings. The molecular weight excluding hydrogens is 236 g/mol. The zero-order valence-electron chi connectivity index (χ0n) is 10.7. The number of aliphatic hydroxyl groups excluding tert-OH is 1. The predicted octanol–water partition coefficient (Wildman–Crippen LogP) is 2.61. The highest BCUT2D eigenvalue weighted by Crippen LogP contribution is 2.15. The number of fused-ring (bicyclic) bond motifs is 1. The highest BCUT2D eigenvalue weighted by Gasteiger charge is 2.09. The summed E-state index contributed by atoms with van der Waals surface area (Å²) in [6.45, 7) is -0.0312. The van der Waals surface area contributed by atoms with Crippen LogP contribution in [0.1, 0.15) is 17.1 Å². The van der Waals surface area contributed by atoms with Gasteiger partial charge in [-0.3, -0.25) is 0 Å². The fourth-order valence-electron chi connectivity index (χ4n) is 2.37. The third-order valence-electron chi connectivity index (χ3n) is 3.33. The average molecular weight is 252 g/mol. The number of aryl methyl sites for hydroxylation is 2. The lowest BCUT2D eigenvalue weighted by atomic mass is 10.1. The van der Waals surface area contributed by atoms with Gasteiger partial charge in [-0.2, -0.15) is 0 Å². The zero-order valence-corrected chi connectivity index (χ0v) is 10.7. The van der Waals surface area contributed by atoms with Crippen LogP contribution in [0, 0.1) is 0 Å². The molecular formula is C16H16N2O. The Morgan fingerprint density at radius 2 is 1.74 bits per heavy atom. The molecule has 2 heterocycles. The van der Waals surface area contributed by atoms with Crippen molar-refractivity contribution >= 4 is 5.52 Å². The minimum Gasteiger partial charge on any atom is -0.388 e. The number of aromatic nitrogens is 2. The quantitative estimate of drug-likeness (QED) is 0.775. The number of hydrogen-bond acceptors (Lipinski definition) is 2. The Bertz CT molecular complexity index is 674. The predicted molar refractivity (Wildman–Crippen MR) is 75.0 cm³/mol. The molecule has 0 saturated heterocycles. The van der Waals surface area contributed by atoms with Crippen molar-refractivity contribution in [1.29, 1.82) is 0 Å². The largest absolute Gasteiger partial charge is 0.388 e. The summed E-state index contributed by atoms with van der Waals surface area (Å²) in [5, 5.41) is 9.35. The lowest BCUT2D eigenvalue weighted by Gasteiger charge is -2.00. The molecule has 96 valence electrons. The van der Waals surface area contributed by atoms with Gasteiger partial charge in [-0.25, -0.2) is 4.98 Å². The Balaban J connectivity index is 1.89.